The van der Waals surface area contributed by atoms with Crippen molar-refractivity contribution in [3.8, 4) is 0 Å². The number of rotatable bonds is 5. The monoisotopic (exact) mass is 330 g/mol. The van der Waals surface area contributed by atoms with Crippen LogP contribution in [-0.2, 0) is 6.42 Å². The Balaban J connectivity index is 0.000000268. The van der Waals surface area contributed by atoms with Crippen LogP contribution in [0.25, 0.3) is 5.57 Å². The van der Waals surface area contributed by atoms with E-state index in [1.54, 1.807) is 12.4 Å². The highest BCUT2D eigenvalue weighted by molar-refractivity contribution is 6.99. The van der Waals surface area contributed by atoms with Crippen LogP contribution in [0.2, 0.25) is 0 Å². The Hall–Kier alpha value is -1.59. The van der Waals surface area contributed by atoms with Crippen molar-refractivity contribution in [2.45, 2.75) is 39.0 Å². The summed E-state index contributed by atoms with van der Waals surface area (Å²) in [6, 6.07) is 5.72. The summed E-state index contributed by atoms with van der Waals surface area (Å²) in [6.07, 6.45) is 11.8. The highest BCUT2D eigenvalue weighted by Crippen LogP contribution is 2.23. The lowest BCUT2D eigenvalue weighted by molar-refractivity contribution is 0.372. The molecule has 0 bridgehead atoms. The molecule has 23 heavy (non-hydrogen) atoms. The van der Waals surface area contributed by atoms with Gasteiger partial charge in [-0.15, -0.1) is 0 Å². The maximum atomic E-state index is 4.49. The maximum absolute atomic E-state index is 4.49. The van der Waals surface area contributed by atoms with Gasteiger partial charge < -0.3 is 4.90 Å². The Bertz CT molecular complexity index is 553. The predicted molar refractivity (Wildman–Crippen MR) is 97.5 cm³/mol. The zero-order chi connectivity index (χ0) is 16.3. The van der Waals surface area contributed by atoms with Gasteiger partial charge in [-0.25, -0.2) is 0 Å². The van der Waals surface area contributed by atoms with Crippen molar-refractivity contribution in [2.75, 3.05) is 20.1 Å². The molecule has 5 heteroatoms. The summed E-state index contributed by atoms with van der Waals surface area (Å²) in [6.45, 7) is 4.41. The molecule has 0 saturated heterocycles. The third kappa shape index (κ3) is 6.20. The Kier molecular flexibility index (Phi) is 7.90. The summed E-state index contributed by atoms with van der Waals surface area (Å²) in [5.74, 6) is 0. The van der Waals surface area contributed by atoms with E-state index in [2.05, 4.69) is 38.7 Å². The number of aromatic nitrogens is 3. The first kappa shape index (κ1) is 17.8. The van der Waals surface area contributed by atoms with Crippen LogP contribution < -0.4 is 0 Å². The molecule has 0 spiro atoms. The average molecular weight is 331 g/mol. The van der Waals surface area contributed by atoms with Gasteiger partial charge >= 0.3 is 0 Å². The molecule has 0 radical (unpaired) electrons. The summed E-state index contributed by atoms with van der Waals surface area (Å²) >= 11 is 1.36. The zero-order valence-corrected chi connectivity index (χ0v) is 14.9. The largest absolute Gasteiger partial charge is 0.302 e. The molecule has 3 rings (SSSR count). The fourth-order valence-electron chi connectivity index (χ4n) is 2.53. The van der Waals surface area contributed by atoms with E-state index in [-0.39, 0.29) is 0 Å². The van der Waals surface area contributed by atoms with Gasteiger partial charge in [-0.05, 0) is 44.0 Å². The molecule has 0 fully saturated rings. The molecule has 3 heterocycles. The van der Waals surface area contributed by atoms with Gasteiger partial charge in [0.25, 0.3) is 0 Å². The second kappa shape index (κ2) is 10.2. The quantitative estimate of drug-likeness (QED) is 0.775. The van der Waals surface area contributed by atoms with Gasteiger partial charge in [-0.2, -0.15) is 8.75 Å². The van der Waals surface area contributed by atoms with Crippen molar-refractivity contribution in [1.82, 2.24) is 18.6 Å². The Morgan fingerprint density at radius 3 is 2.57 bits per heavy atom. The third-order valence-electron chi connectivity index (χ3n) is 3.79. The van der Waals surface area contributed by atoms with Gasteiger partial charge in [-0.1, -0.05) is 31.9 Å². The van der Waals surface area contributed by atoms with E-state index >= 15 is 0 Å². The fraction of sp³-hybridized carbons (Fsp3) is 0.500. The van der Waals surface area contributed by atoms with E-state index in [9.17, 15) is 0 Å². The molecular formula is C18H26N4S. The van der Waals surface area contributed by atoms with E-state index < -0.39 is 0 Å². The smallest absolute Gasteiger partial charge is 0.104 e. The van der Waals surface area contributed by atoms with Crippen molar-refractivity contribution in [3.05, 3.63) is 48.1 Å². The van der Waals surface area contributed by atoms with Gasteiger partial charge in [0.1, 0.15) is 5.69 Å². The fourth-order valence-corrected chi connectivity index (χ4v) is 3.16. The molecule has 0 amide bonds. The van der Waals surface area contributed by atoms with Crippen molar-refractivity contribution in [1.29, 1.82) is 0 Å². The number of nitrogens with zero attached hydrogens (tertiary/aromatic N) is 4. The molecule has 2 aromatic heterocycles. The van der Waals surface area contributed by atoms with Crippen molar-refractivity contribution >= 4 is 17.3 Å². The zero-order valence-electron chi connectivity index (χ0n) is 14.1. The SMILES string of the molecule is CCCCCc1nsnc1C1=CCCN(C)C1.c1ccncc1. The number of hydrogen-bond acceptors (Lipinski definition) is 5. The van der Waals surface area contributed by atoms with Crippen molar-refractivity contribution < 1.29 is 0 Å². The van der Waals surface area contributed by atoms with E-state index in [0.717, 1.165) is 31.6 Å². The topological polar surface area (TPSA) is 41.9 Å². The summed E-state index contributed by atoms with van der Waals surface area (Å²) in [5, 5.41) is 0. The maximum Gasteiger partial charge on any atom is 0.104 e. The van der Waals surface area contributed by atoms with Crippen LogP contribution >= 0.6 is 11.7 Å². The van der Waals surface area contributed by atoms with Gasteiger partial charge in [0.15, 0.2) is 0 Å². The standard InChI is InChI=1S/C13H21N3S.C5H5N/c1-3-4-5-8-12-13(15-17-14-12)11-7-6-9-16(2)10-11;1-2-4-6-5-3-1/h7H,3-6,8-10H2,1-2H3;1-5H. The molecule has 0 N–H and O–H groups in total. The van der Waals surface area contributed by atoms with Crippen LogP contribution in [0.3, 0.4) is 0 Å². The Morgan fingerprint density at radius 2 is 1.96 bits per heavy atom. The van der Waals surface area contributed by atoms with Crippen LogP contribution in [0.1, 0.15) is 44.0 Å². The summed E-state index contributed by atoms with van der Waals surface area (Å²) in [4.78, 5) is 6.14. The molecule has 0 atom stereocenters. The molecule has 1 aliphatic heterocycles. The first-order valence-electron chi connectivity index (χ1n) is 8.35. The molecular weight excluding hydrogens is 304 g/mol. The Morgan fingerprint density at radius 1 is 1.13 bits per heavy atom. The normalized spacial score (nSPS) is 14.8. The molecule has 0 aliphatic carbocycles. The van der Waals surface area contributed by atoms with Gasteiger partial charge in [0.2, 0.25) is 0 Å². The van der Waals surface area contributed by atoms with Crippen LogP contribution in [0.5, 0.6) is 0 Å². The number of likely N-dealkylation sites (N-methyl/N-ethyl adjacent to an activating group) is 1. The number of pyridine rings is 1. The minimum absolute atomic E-state index is 1.02. The first-order valence-corrected chi connectivity index (χ1v) is 9.08. The predicted octanol–water partition coefficient (Wildman–Crippen LogP) is 4.07. The highest BCUT2D eigenvalue weighted by Gasteiger charge is 2.16. The van der Waals surface area contributed by atoms with Gasteiger partial charge in [-0.3, -0.25) is 4.98 Å². The first-order chi connectivity index (χ1) is 11.3. The van der Waals surface area contributed by atoms with E-state index in [0.29, 0.717) is 0 Å². The number of aryl methyl sites for hydroxylation is 1. The van der Waals surface area contributed by atoms with Crippen molar-refractivity contribution in [3.63, 3.8) is 0 Å². The van der Waals surface area contributed by atoms with Crippen molar-refractivity contribution in [2.24, 2.45) is 0 Å². The third-order valence-corrected chi connectivity index (χ3v) is 4.35. The van der Waals surface area contributed by atoms with Crippen LogP contribution in [0, 0.1) is 0 Å². The van der Waals surface area contributed by atoms with Crippen LogP contribution in [0.4, 0.5) is 0 Å². The summed E-state index contributed by atoms with van der Waals surface area (Å²) < 4.78 is 8.95. The second-order valence-corrected chi connectivity index (χ2v) is 6.33. The minimum atomic E-state index is 1.02. The molecule has 0 saturated carbocycles. The van der Waals surface area contributed by atoms with Crippen LogP contribution in [0.15, 0.2) is 36.7 Å². The highest BCUT2D eigenvalue weighted by atomic mass is 32.1. The second-order valence-electron chi connectivity index (χ2n) is 5.80. The summed E-state index contributed by atoms with van der Waals surface area (Å²) in [5.41, 5.74) is 3.75. The van der Waals surface area contributed by atoms with E-state index in [1.807, 2.05) is 18.2 Å². The molecule has 0 aromatic carbocycles. The number of hydrogen-bond donors (Lipinski definition) is 0. The molecule has 124 valence electrons. The lowest BCUT2D eigenvalue weighted by Gasteiger charge is -2.22. The van der Waals surface area contributed by atoms with E-state index in [1.165, 1.54) is 42.3 Å². The van der Waals surface area contributed by atoms with E-state index in [4.69, 9.17) is 0 Å². The summed E-state index contributed by atoms with van der Waals surface area (Å²) in [7, 11) is 2.17. The minimum Gasteiger partial charge on any atom is -0.302 e. The van der Waals surface area contributed by atoms with Crippen LogP contribution in [-0.4, -0.2) is 38.8 Å². The molecule has 1 aliphatic rings. The Labute approximate surface area is 143 Å². The molecule has 4 nitrogen and oxygen atoms in total. The lowest BCUT2D eigenvalue weighted by atomic mass is 10.0. The molecule has 0 unspecified atom stereocenters. The van der Waals surface area contributed by atoms with Gasteiger partial charge in [0.05, 0.1) is 17.4 Å². The average Bonchev–Trinajstić information content (AvgIpc) is 3.06. The number of unbranched alkanes of at least 4 members (excludes halogenated alkanes) is 2. The van der Waals surface area contributed by atoms with Gasteiger partial charge in [0, 0.05) is 25.5 Å². The lowest BCUT2D eigenvalue weighted by Crippen LogP contribution is -2.25. The molecule has 2 aromatic rings.